The third-order valence-electron chi connectivity index (χ3n) is 2.32. The van der Waals surface area contributed by atoms with Crippen LogP contribution in [0.25, 0.3) is 10.8 Å². The lowest BCUT2D eigenvalue weighted by molar-refractivity contribution is -0.135. The van der Waals surface area contributed by atoms with Gasteiger partial charge in [-0.15, -0.1) is 0 Å². The van der Waals surface area contributed by atoms with Crippen molar-refractivity contribution in [3.8, 4) is 5.75 Å². The number of carbonyl (C=O) groups is 2. The third-order valence-corrected chi connectivity index (χ3v) is 2.69. The molecule has 0 heterocycles. The molecule has 0 aliphatic carbocycles. The summed E-state index contributed by atoms with van der Waals surface area (Å²) in [6, 6.07) is 10.2. The van der Waals surface area contributed by atoms with Crippen LogP contribution in [0.2, 0.25) is 0 Å². The average molecular weight is 317 g/mol. The van der Waals surface area contributed by atoms with Gasteiger partial charge in [0, 0.05) is 5.39 Å². The van der Waals surface area contributed by atoms with Crippen LogP contribution < -0.4 is 0 Å². The van der Waals surface area contributed by atoms with Crippen LogP contribution in [0.1, 0.15) is 10.4 Å². The lowest BCUT2D eigenvalue weighted by Crippen LogP contribution is -2.03. The molecule has 2 aromatic carbocycles. The number of rotatable bonds is 2. The van der Waals surface area contributed by atoms with Crippen molar-refractivity contribution in [3.63, 3.8) is 0 Å². The summed E-state index contributed by atoms with van der Waals surface area (Å²) in [6.07, 6.45) is 0. The number of alkyl halides is 2. The zero-order valence-corrected chi connectivity index (χ0v) is 11.5. The number of benzene rings is 2. The van der Waals surface area contributed by atoms with Crippen LogP contribution in [0.3, 0.4) is 0 Å². The standard InChI is InChI=1S/C11H8O3.C2H2Cl2O2/c12-10-8-4-2-1-3-7(8)5-6-9(10)11(13)14;3-1(4)2(5)6/h1-6,12H,(H,13,14);1H,(H,5,6). The lowest BCUT2D eigenvalue weighted by Gasteiger charge is -2.03. The van der Waals surface area contributed by atoms with E-state index in [1.165, 1.54) is 6.07 Å². The van der Waals surface area contributed by atoms with Crippen LogP contribution in [-0.2, 0) is 4.79 Å². The number of fused-ring (bicyclic) bond motifs is 1. The Hall–Kier alpha value is -1.98. The highest BCUT2D eigenvalue weighted by atomic mass is 35.5. The molecule has 0 spiro atoms. The monoisotopic (exact) mass is 316 g/mol. The van der Waals surface area contributed by atoms with Crippen LogP contribution in [0.15, 0.2) is 36.4 Å². The van der Waals surface area contributed by atoms with E-state index >= 15 is 0 Å². The Morgan fingerprint density at radius 1 is 1.00 bits per heavy atom. The van der Waals surface area contributed by atoms with E-state index in [1.807, 2.05) is 12.1 Å². The van der Waals surface area contributed by atoms with Crippen molar-refractivity contribution < 1.29 is 24.9 Å². The van der Waals surface area contributed by atoms with Gasteiger partial charge >= 0.3 is 11.9 Å². The van der Waals surface area contributed by atoms with Gasteiger partial charge in [-0.25, -0.2) is 9.59 Å². The quantitative estimate of drug-likeness (QED) is 0.740. The van der Waals surface area contributed by atoms with Gasteiger partial charge in [0.15, 0.2) is 0 Å². The summed E-state index contributed by atoms with van der Waals surface area (Å²) < 4.78 is 0. The molecular formula is C13H10Cl2O5. The first-order valence-electron chi connectivity index (χ1n) is 5.29. The highest BCUT2D eigenvalue weighted by Gasteiger charge is 2.11. The molecule has 3 N–H and O–H groups in total. The summed E-state index contributed by atoms with van der Waals surface area (Å²) in [5.41, 5.74) is -0.0660. The van der Waals surface area contributed by atoms with Crippen LogP contribution >= 0.6 is 23.2 Å². The number of aromatic carboxylic acids is 1. The predicted molar refractivity (Wildman–Crippen MR) is 75.7 cm³/mol. The maximum absolute atomic E-state index is 10.7. The Balaban J connectivity index is 0.000000286. The first kappa shape index (κ1) is 16.1. The maximum atomic E-state index is 10.7. The van der Waals surface area contributed by atoms with Gasteiger partial charge in [-0.05, 0) is 11.5 Å². The largest absolute Gasteiger partial charge is 0.506 e. The molecule has 0 atom stereocenters. The normalized spacial score (nSPS) is 9.95. The highest BCUT2D eigenvalue weighted by molar-refractivity contribution is 6.52. The van der Waals surface area contributed by atoms with Crippen molar-refractivity contribution in [2.45, 2.75) is 4.84 Å². The van der Waals surface area contributed by atoms with Gasteiger partial charge in [0.2, 0.25) is 4.84 Å². The molecule has 0 aliphatic heterocycles. The zero-order chi connectivity index (χ0) is 15.3. The molecule has 106 valence electrons. The summed E-state index contributed by atoms with van der Waals surface area (Å²) in [4.78, 5) is 18.9. The van der Waals surface area contributed by atoms with Gasteiger partial charge in [0.1, 0.15) is 11.3 Å². The fourth-order valence-electron chi connectivity index (χ4n) is 1.43. The molecule has 0 saturated heterocycles. The number of hydrogen-bond acceptors (Lipinski definition) is 3. The van der Waals surface area contributed by atoms with Gasteiger partial charge in [-0.1, -0.05) is 53.5 Å². The minimum Gasteiger partial charge on any atom is -0.506 e. The molecular weight excluding hydrogens is 307 g/mol. The van der Waals surface area contributed by atoms with Crippen LogP contribution in [0, 0.1) is 0 Å². The van der Waals surface area contributed by atoms with E-state index in [0.717, 1.165) is 5.39 Å². The Morgan fingerprint density at radius 2 is 1.55 bits per heavy atom. The number of hydrogen-bond donors (Lipinski definition) is 3. The van der Waals surface area contributed by atoms with Gasteiger partial charge in [0.05, 0.1) is 0 Å². The van der Waals surface area contributed by atoms with Gasteiger partial charge < -0.3 is 15.3 Å². The molecule has 0 unspecified atom stereocenters. The highest BCUT2D eigenvalue weighted by Crippen LogP contribution is 2.28. The Kier molecular flexibility index (Phi) is 5.61. The van der Waals surface area contributed by atoms with E-state index in [4.69, 9.17) is 33.4 Å². The second kappa shape index (κ2) is 6.98. The van der Waals surface area contributed by atoms with Crippen molar-refractivity contribution in [1.29, 1.82) is 0 Å². The topological polar surface area (TPSA) is 94.8 Å². The maximum Gasteiger partial charge on any atom is 0.339 e. The molecule has 0 aliphatic rings. The van der Waals surface area contributed by atoms with Crippen molar-refractivity contribution >= 4 is 45.9 Å². The molecule has 20 heavy (non-hydrogen) atoms. The first-order valence-corrected chi connectivity index (χ1v) is 6.17. The summed E-state index contributed by atoms with van der Waals surface area (Å²) in [7, 11) is 0. The number of phenols is 1. The molecule has 0 bridgehead atoms. The second-order valence-corrected chi connectivity index (χ2v) is 4.72. The molecule has 5 nitrogen and oxygen atoms in total. The lowest BCUT2D eigenvalue weighted by atomic mass is 10.1. The third kappa shape index (κ3) is 4.01. The number of aromatic hydroxyl groups is 1. The Labute approximate surface area is 124 Å². The van der Waals surface area contributed by atoms with E-state index < -0.39 is 16.8 Å². The summed E-state index contributed by atoms with van der Waals surface area (Å²) in [5, 5.41) is 27.5. The zero-order valence-electron chi connectivity index (χ0n) is 9.96. The van der Waals surface area contributed by atoms with E-state index in [2.05, 4.69) is 0 Å². The second-order valence-electron chi connectivity index (χ2n) is 3.63. The van der Waals surface area contributed by atoms with Crippen molar-refractivity contribution in [2.24, 2.45) is 0 Å². The number of halogens is 2. The molecule has 0 radical (unpaired) electrons. The average Bonchev–Trinajstić information content (AvgIpc) is 2.39. The molecule has 0 aromatic heterocycles. The molecule has 7 heteroatoms. The van der Waals surface area contributed by atoms with Crippen molar-refractivity contribution in [1.82, 2.24) is 0 Å². The van der Waals surface area contributed by atoms with Gasteiger partial charge in [-0.3, -0.25) is 0 Å². The number of aliphatic carboxylic acids is 1. The predicted octanol–water partition coefficient (Wildman–Crippen LogP) is 3.12. The minimum absolute atomic E-state index is 0.0660. The molecule has 0 amide bonds. The summed E-state index contributed by atoms with van der Waals surface area (Å²) in [5.74, 6) is -2.50. The Morgan fingerprint density at radius 3 is 2.05 bits per heavy atom. The fourth-order valence-corrected chi connectivity index (χ4v) is 1.43. The SMILES string of the molecule is O=C(O)C(Cl)Cl.O=C(O)c1ccc2ccccc2c1O. The molecule has 2 aromatic rings. The molecule has 2 rings (SSSR count). The fraction of sp³-hybridized carbons (Fsp3) is 0.0769. The van der Waals surface area contributed by atoms with Crippen LogP contribution in [0.4, 0.5) is 0 Å². The minimum atomic E-state index is -1.29. The Bertz CT molecular complexity index is 640. The van der Waals surface area contributed by atoms with Gasteiger partial charge in [-0.2, -0.15) is 0 Å². The van der Waals surface area contributed by atoms with Crippen LogP contribution in [-0.4, -0.2) is 32.1 Å². The van der Waals surface area contributed by atoms with E-state index in [0.29, 0.717) is 5.39 Å². The summed E-state index contributed by atoms with van der Waals surface area (Å²) >= 11 is 9.56. The number of carboxylic acids is 2. The van der Waals surface area contributed by atoms with Gasteiger partial charge in [0.25, 0.3) is 0 Å². The number of carboxylic acid groups (broad SMARTS) is 2. The summed E-state index contributed by atoms with van der Waals surface area (Å²) in [6.45, 7) is 0. The smallest absolute Gasteiger partial charge is 0.339 e. The van der Waals surface area contributed by atoms with Crippen molar-refractivity contribution in [3.05, 3.63) is 42.0 Å². The van der Waals surface area contributed by atoms with E-state index in [9.17, 15) is 14.7 Å². The molecule has 0 saturated carbocycles. The van der Waals surface area contributed by atoms with Crippen molar-refractivity contribution in [2.75, 3.05) is 0 Å². The van der Waals surface area contributed by atoms with E-state index in [1.54, 1.807) is 18.2 Å². The van der Waals surface area contributed by atoms with Crippen LogP contribution in [0.5, 0.6) is 5.75 Å². The molecule has 0 fully saturated rings. The first-order chi connectivity index (χ1) is 9.34. The van der Waals surface area contributed by atoms with E-state index in [-0.39, 0.29) is 11.3 Å².